The summed E-state index contributed by atoms with van der Waals surface area (Å²) in [6, 6.07) is 1.96. The first kappa shape index (κ1) is 7.75. The number of hydrogen-bond donors (Lipinski definition) is 2. The molecule has 0 saturated heterocycles. The van der Waals surface area contributed by atoms with Crippen molar-refractivity contribution in [3.63, 3.8) is 0 Å². The van der Waals surface area contributed by atoms with Gasteiger partial charge in [-0.05, 0) is 27.4 Å². The van der Waals surface area contributed by atoms with Gasteiger partial charge in [0.2, 0.25) is 5.95 Å². The summed E-state index contributed by atoms with van der Waals surface area (Å²) in [6.45, 7) is 0. The molecule has 0 fully saturated rings. The van der Waals surface area contributed by atoms with Gasteiger partial charge in [0.05, 0.1) is 4.88 Å². The van der Waals surface area contributed by atoms with Gasteiger partial charge in [0, 0.05) is 4.47 Å². The number of thiophene rings is 1. The van der Waals surface area contributed by atoms with Crippen LogP contribution in [0, 0.1) is 0 Å². The Bertz CT molecular complexity index is 394. The van der Waals surface area contributed by atoms with Crippen LogP contribution in [0.15, 0.2) is 15.9 Å². The van der Waals surface area contributed by atoms with Crippen molar-refractivity contribution >= 4 is 33.2 Å². The second-order valence-corrected chi connectivity index (χ2v) is 3.91. The fraction of sp³-hybridized carbons (Fsp3) is 0. The van der Waals surface area contributed by atoms with Crippen LogP contribution in [0.2, 0.25) is 0 Å². The van der Waals surface area contributed by atoms with Crippen LogP contribution in [0.5, 0.6) is 0 Å². The molecule has 3 N–H and O–H groups in total. The van der Waals surface area contributed by atoms with Crippen LogP contribution in [0.25, 0.3) is 10.7 Å². The summed E-state index contributed by atoms with van der Waals surface area (Å²) in [6.07, 6.45) is 0. The summed E-state index contributed by atoms with van der Waals surface area (Å²) in [5.41, 5.74) is 5.37. The number of aromatic nitrogens is 3. The van der Waals surface area contributed by atoms with Crippen LogP contribution in [0.4, 0.5) is 5.95 Å². The lowest BCUT2D eigenvalue weighted by Gasteiger charge is -1.88. The van der Waals surface area contributed by atoms with Crippen molar-refractivity contribution in [3.8, 4) is 10.7 Å². The average Bonchev–Trinajstić information content (AvgIpc) is 2.58. The summed E-state index contributed by atoms with van der Waals surface area (Å²) >= 11 is 4.97. The molecule has 0 radical (unpaired) electrons. The molecular weight excluding hydrogens is 240 g/mol. The van der Waals surface area contributed by atoms with Gasteiger partial charge in [-0.3, -0.25) is 5.10 Å². The lowest BCUT2D eigenvalue weighted by molar-refractivity contribution is 1.10. The van der Waals surface area contributed by atoms with E-state index >= 15 is 0 Å². The molecule has 2 aromatic rings. The van der Waals surface area contributed by atoms with Crippen molar-refractivity contribution in [2.75, 3.05) is 5.73 Å². The second kappa shape index (κ2) is 2.87. The molecule has 2 heterocycles. The Morgan fingerprint density at radius 2 is 2.42 bits per heavy atom. The highest BCUT2D eigenvalue weighted by molar-refractivity contribution is 9.10. The monoisotopic (exact) mass is 244 g/mol. The maximum absolute atomic E-state index is 5.37. The van der Waals surface area contributed by atoms with E-state index in [0.717, 1.165) is 9.35 Å². The first-order valence-electron chi connectivity index (χ1n) is 3.18. The smallest absolute Gasteiger partial charge is 0.239 e. The Labute approximate surface area is 81.0 Å². The molecule has 2 rings (SSSR count). The zero-order valence-corrected chi connectivity index (χ0v) is 8.32. The van der Waals surface area contributed by atoms with Crippen molar-refractivity contribution in [2.24, 2.45) is 0 Å². The SMILES string of the molecule is Nc1n[nH]c(-c2sccc2Br)n1. The fourth-order valence-corrected chi connectivity index (χ4v) is 2.34. The van der Waals surface area contributed by atoms with Gasteiger partial charge < -0.3 is 5.73 Å². The summed E-state index contributed by atoms with van der Waals surface area (Å²) < 4.78 is 1.00. The predicted octanol–water partition coefficient (Wildman–Crippen LogP) is 1.88. The highest BCUT2D eigenvalue weighted by Gasteiger charge is 2.07. The molecule has 6 heteroatoms. The first-order valence-corrected chi connectivity index (χ1v) is 4.86. The van der Waals surface area contributed by atoms with Crippen molar-refractivity contribution in [2.45, 2.75) is 0 Å². The quantitative estimate of drug-likeness (QED) is 0.805. The van der Waals surface area contributed by atoms with Crippen LogP contribution >= 0.6 is 27.3 Å². The highest BCUT2D eigenvalue weighted by Crippen LogP contribution is 2.30. The molecular formula is C6H5BrN4S. The maximum Gasteiger partial charge on any atom is 0.239 e. The molecule has 4 nitrogen and oxygen atoms in total. The summed E-state index contributed by atoms with van der Waals surface area (Å²) in [7, 11) is 0. The highest BCUT2D eigenvalue weighted by atomic mass is 79.9. The lowest BCUT2D eigenvalue weighted by Crippen LogP contribution is -1.85. The zero-order valence-electron chi connectivity index (χ0n) is 5.91. The lowest BCUT2D eigenvalue weighted by atomic mass is 10.4. The summed E-state index contributed by atoms with van der Waals surface area (Å²) in [5.74, 6) is 0.972. The molecule has 12 heavy (non-hydrogen) atoms. The Kier molecular flexibility index (Phi) is 1.86. The van der Waals surface area contributed by atoms with E-state index < -0.39 is 0 Å². The number of H-pyrrole nitrogens is 1. The fourth-order valence-electron chi connectivity index (χ4n) is 0.839. The van der Waals surface area contributed by atoms with E-state index in [4.69, 9.17) is 5.73 Å². The number of nitrogens with two attached hydrogens (primary N) is 1. The Hall–Kier alpha value is -0.880. The number of rotatable bonds is 1. The van der Waals surface area contributed by atoms with Gasteiger partial charge >= 0.3 is 0 Å². The van der Waals surface area contributed by atoms with Crippen LogP contribution in [-0.4, -0.2) is 15.2 Å². The molecule has 0 unspecified atom stereocenters. The minimum Gasteiger partial charge on any atom is -0.366 e. The van der Waals surface area contributed by atoms with Crippen LogP contribution in [0.1, 0.15) is 0 Å². The molecule has 0 aliphatic rings. The van der Waals surface area contributed by atoms with Crippen LogP contribution < -0.4 is 5.73 Å². The van der Waals surface area contributed by atoms with E-state index in [1.807, 2.05) is 11.4 Å². The van der Waals surface area contributed by atoms with Crippen molar-refractivity contribution in [1.29, 1.82) is 0 Å². The minimum absolute atomic E-state index is 0.269. The maximum atomic E-state index is 5.37. The molecule has 2 aromatic heterocycles. The first-order chi connectivity index (χ1) is 5.77. The predicted molar refractivity (Wildman–Crippen MR) is 51.8 cm³/mol. The van der Waals surface area contributed by atoms with Gasteiger partial charge in [-0.25, -0.2) is 0 Å². The minimum atomic E-state index is 0.269. The molecule has 0 aromatic carbocycles. The van der Waals surface area contributed by atoms with Crippen LogP contribution in [0.3, 0.4) is 0 Å². The number of nitrogens with zero attached hydrogens (tertiary/aromatic N) is 2. The van der Waals surface area contributed by atoms with E-state index in [2.05, 4.69) is 31.1 Å². The van der Waals surface area contributed by atoms with Crippen LogP contribution in [-0.2, 0) is 0 Å². The number of aromatic amines is 1. The number of hydrogen-bond acceptors (Lipinski definition) is 4. The van der Waals surface area contributed by atoms with Crippen molar-refractivity contribution in [3.05, 3.63) is 15.9 Å². The summed E-state index contributed by atoms with van der Waals surface area (Å²) in [4.78, 5) is 5.02. The molecule has 0 bridgehead atoms. The molecule has 0 spiro atoms. The third-order valence-corrected chi connectivity index (χ3v) is 3.18. The normalized spacial score (nSPS) is 10.4. The molecule has 0 amide bonds. The number of anilines is 1. The topological polar surface area (TPSA) is 67.6 Å². The molecule has 0 aliphatic heterocycles. The molecule has 0 saturated carbocycles. The van der Waals surface area contributed by atoms with E-state index in [-0.39, 0.29) is 5.95 Å². The van der Waals surface area contributed by atoms with Gasteiger partial charge in [-0.15, -0.1) is 16.4 Å². The second-order valence-electron chi connectivity index (χ2n) is 2.14. The summed E-state index contributed by atoms with van der Waals surface area (Å²) in [5, 5.41) is 8.45. The average molecular weight is 245 g/mol. The molecule has 62 valence electrons. The van der Waals surface area contributed by atoms with Gasteiger partial charge in [0.1, 0.15) is 0 Å². The van der Waals surface area contributed by atoms with E-state index in [9.17, 15) is 0 Å². The Balaban J connectivity index is 2.50. The number of nitrogens with one attached hydrogen (secondary N) is 1. The Morgan fingerprint density at radius 3 is 2.92 bits per heavy atom. The third kappa shape index (κ3) is 1.23. The van der Waals surface area contributed by atoms with Gasteiger partial charge in [-0.1, -0.05) is 0 Å². The third-order valence-electron chi connectivity index (χ3n) is 1.33. The zero-order chi connectivity index (χ0) is 8.55. The van der Waals surface area contributed by atoms with E-state index in [0.29, 0.717) is 5.82 Å². The van der Waals surface area contributed by atoms with E-state index in [1.165, 1.54) is 0 Å². The number of nitrogen functional groups attached to an aromatic ring is 1. The standard InChI is InChI=1S/C6H5BrN4S/c7-3-1-2-12-4(3)5-9-6(8)11-10-5/h1-2H,(H3,8,9,10,11). The Morgan fingerprint density at radius 1 is 1.58 bits per heavy atom. The largest absolute Gasteiger partial charge is 0.366 e. The van der Waals surface area contributed by atoms with Gasteiger partial charge in [0.25, 0.3) is 0 Å². The van der Waals surface area contributed by atoms with E-state index in [1.54, 1.807) is 11.3 Å². The van der Waals surface area contributed by atoms with Crippen molar-refractivity contribution in [1.82, 2.24) is 15.2 Å². The van der Waals surface area contributed by atoms with Gasteiger partial charge in [-0.2, -0.15) is 4.98 Å². The molecule has 0 atom stereocenters. The van der Waals surface area contributed by atoms with Gasteiger partial charge in [0.15, 0.2) is 5.82 Å². The number of halogens is 1. The molecule has 0 aliphatic carbocycles. The van der Waals surface area contributed by atoms with Crippen molar-refractivity contribution < 1.29 is 0 Å².